The Kier molecular flexibility index (Phi) is 10.8. The van der Waals surface area contributed by atoms with Gasteiger partial charge in [0.1, 0.15) is 18.4 Å². The van der Waals surface area contributed by atoms with E-state index in [1.165, 1.54) is 29.2 Å². The van der Waals surface area contributed by atoms with Gasteiger partial charge in [0.05, 0.1) is 15.6 Å². The van der Waals surface area contributed by atoms with Crippen LogP contribution in [0.25, 0.3) is 0 Å². The van der Waals surface area contributed by atoms with Crippen LogP contribution in [0.4, 0.5) is 10.1 Å². The molecule has 0 bridgehead atoms. The second-order valence-corrected chi connectivity index (χ2v) is 13.9. The summed E-state index contributed by atoms with van der Waals surface area (Å²) >= 11 is 6.09. The quantitative estimate of drug-likeness (QED) is 0.184. The zero-order chi connectivity index (χ0) is 32.7. The lowest BCUT2D eigenvalue weighted by atomic mass is 10.0. The summed E-state index contributed by atoms with van der Waals surface area (Å²) in [5.74, 6) is -1.61. The van der Waals surface area contributed by atoms with E-state index in [2.05, 4.69) is 5.32 Å². The summed E-state index contributed by atoms with van der Waals surface area (Å²) in [7, 11) is -4.31. The van der Waals surface area contributed by atoms with Crippen LogP contribution in [0.5, 0.6) is 0 Å². The number of amides is 2. The molecule has 5 rings (SSSR count). The van der Waals surface area contributed by atoms with Crippen LogP contribution in [-0.2, 0) is 32.6 Å². The van der Waals surface area contributed by atoms with Crippen LogP contribution in [-0.4, -0.2) is 43.8 Å². The molecular formula is C36H37ClFN3O4S. The standard InChI is InChI=1S/C36H37ClFN3O4S/c1-26-16-18-28(19-17-26)24-40(34(22-27-10-4-2-5-11-27)36(43)39-29-12-8-9-13-29)35(42)25-41(30-20-21-33(38)32(37)23-30)46(44,45)31-14-6-3-7-15-31/h2-7,10-11,14-21,23,29,34H,8-9,12-13,22,24-25H2,1H3,(H,39,43)/t34-/m0/s1. The monoisotopic (exact) mass is 661 g/mol. The van der Waals surface area contributed by atoms with Crippen LogP contribution in [0, 0.1) is 12.7 Å². The molecule has 1 fully saturated rings. The first-order chi connectivity index (χ1) is 22.1. The van der Waals surface area contributed by atoms with E-state index in [0.29, 0.717) is 0 Å². The van der Waals surface area contributed by atoms with Gasteiger partial charge >= 0.3 is 0 Å². The summed E-state index contributed by atoms with van der Waals surface area (Å²) in [6, 6.07) is 27.4. The van der Waals surface area contributed by atoms with Gasteiger partial charge in [0.2, 0.25) is 11.8 Å². The van der Waals surface area contributed by atoms with Crippen LogP contribution in [0.1, 0.15) is 42.4 Å². The van der Waals surface area contributed by atoms with Crippen LogP contribution < -0.4 is 9.62 Å². The zero-order valence-corrected chi connectivity index (χ0v) is 27.2. The Morgan fingerprint density at radius 1 is 0.891 bits per heavy atom. The Morgan fingerprint density at radius 3 is 2.15 bits per heavy atom. The van der Waals surface area contributed by atoms with Gasteiger partial charge in [-0.2, -0.15) is 0 Å². The smallest absolute Gasteiger partial charge is 0.264 e. The molecule has 1 aliphatic carbocycles. The maximum absolute atomic E-state index is 14.5. The molecule has 2 amide bonds. The van der Waals surface area contributed by atoms with Gasteiger partial charge in [-0.1, -0.05) is 103 Å². The maximum Gasteiger partial charge on any atom is 0.264 e. The molecule has 0 unspecified atom stereocenters. The van der Waals surface area contributed by atoms with E-state index >= 15 is 0 Å². The molecule has 4 aromatic rings. The molecule has 0 saturated heterocycles. The molecule has 0 spiro atoms. The molecule has 10 heteroatoms. The van der Waals surface area contributed by atoms with Gasteiger partial charge in [0.25, 0.3) is 10.0 Å². The van der Waals surface area contributed by atoms with Gasteiger partial charge in [-0.3, -0.25) is 13.9 Å². The molecule has 0 heterocycles. The van der Waals surface area contributed by atoms with Crippen molar-refractivity contribution in [3.8, 4) is 0 Å². The molecule has 1 aliphatic rings. The van der Waals surface area contributed by atoms with Gasteiger partial charge in [-0.25, -0.2) is 12.8 Å². The van der Waals surface area contributed by atoms with Crippen LogP contribution in [0.2, 0.25) is 5.02 Å². The summed E-state index contributed by atoms with van der Waals surface area (Å²) in [5.41, 5.74) is 2.70. The number of carbonyl (C=O) groups is 2. The molecule has 240 valence electrons. The van der Waals surface area contributed by atoms with E-state index in [1.54, 1.807) is 18.2 Å². The summed E-state index contributed by atoms with van der Waals surface area (Å²) < 4.78 is 43.2. The molecule has 0 radical (unpaired) electrons. The first-order valence-corrected chi connectivity index (χ1v) is 17.2. The average molecular weight is 662 g/mol. The third-order valence-electron chi connectivity index (χ3n) is 8.25. The molecule has 4 aromatic carbocycles. The number of hydrogen-bond donors (Lipinski definition) is 1. The highest BCUT2D eigenvalue weighted by molar-refractivity contribution is 7.92. The third-order valence-corrected chi connectivity index (χ3v) is 10.3. The number of hydrogen-bond acceptors (Lipinski definition) is 4. The maximum atomic E-state index is 14.5. The fourth-order valence-corrected chi connectivity index (χ4v) is 7.30. The fourth-order valence-electron chi connectivity index (χ4n) is 5.70. The largest absolute Gasteiger partial charge is 0.352 e. The lowest BCUT2D eigenvalue weighted by Gasteiger charge is -2.34. The number of nitrogens with zero attached hydrogens (tertiary/aromatic N) is 2. The molecule has 0 aliphatic heterocycles. The summed E-state index contributed by atoms with van der Waals surface area (Å²) in [6.45, 7) is 1.38. The third kappa shape index (κ3) is 8.13. The van der Waals surface area contributed by atoms with Crippen molar-refractivity contribution in [3.63, 3.8) is 0 Å². The van der Waals surface area contributed by atoms with Gasteiger partial charge < -0.3 is 10.2 Å². The lowest BCUT2D eigenvalue weighted by Crippen LogP contribution is -2.54. The molecule has 1 saturated carbocycles. The number of nitrogens with one attached hydrogen (secondary N) is 1. The number of aryl methyl sites for hydroxylation is 1. The van der Waals surface area contributed by atoms with Gasteiger partial charge in [-0.05, 0) is 61.2 Å². The minimum absolute atomic E-state index is 0.0124. The van der Waals surface area contributed by atoms with E-state index in [-0.39, 0.29) is 40.5 Å². The van der Waals surface area contributed by atoms with E-state index < -0.39 is 34.3 Å². The highest BCUT2D eigenvalue weighted by Gasteiger charge is 2.35. The molecule has 7 nitrogen and oxygen atoms in total. The molecule has 1 atom stereocenters. The number of carbonyl (C=O) groups excluding carboxylic acids is 2. The van der Waals surface area contributed by atoms with Crippen molar-refractivity contribution in [2.45, 2.75) is 62.6 Å². The Bertz CT molecular complexity index is 1750. The second-order valence-electron chi connectivity index (χ2n) is 11.6. The van der Waals surface area contributed by atoms with Crippen LogP contribution in [0.3, 0.4) is 0 Å². The normalized spacial score (nSPS) is 14.1. The highest BCUT2D eigenvalue weighted by Crippen LogP contribution is 2.29. The Hall–Kier alpha value is -4.21. The van der Waals surface area contributed by atoms with Crippen molar-refractivity contribution < 1.29 is 22.4 Å². The van der Waals surface area contributed by atoms with Crippen molar-refractivity contribution in [1.82, 2.24) is 10.2 Å². The summed E-state index contributed by atoms with van der Waals surface area (Å²) in [6.07, 6.45) is 4.00. The van der Waals surface area contributed by atoms with Crippen molar-refractivity contribution in [1.29, 1.82) is 0 Å². The SMILES string of the molecule is Cc1ccc(CN(C(=O)CN(c2ccc(F)c(Cl)c2)S(=O)(=O)c2ccccc2)[C@@H](Cc2ccccc2)C(=O)NC2CCCC2)cc1. The first kappa shape index (κ1) is 33.2. The Morgan fingerprint density at radius 2 is 1.52 bits per heavy atom. The molecular weight excluding hydrogens is 625 g/mol. The van der Waals surface area contributed by atoms with Gasteiger partial charge in [0.15, 0.2) is 0 Å². The average Bonchev–Trinajstić information content (AvgIpc) is 3.57. The minimum Gasteiger partial charge on any atom is -0.352 e. The second kappa shape index (κ2) is 14.9. The Labute approximate surface area is 275 Å². The molecule has 0 aromatic heterocycles. The fraction of sp³-hybridized carbons (Fsp3) is 0.278. The number of rotatable bonds is 12. The van der Waals surface area contributed by atoms with Crippen LogP contribution in [0.15, 0.2) is 108 Å². The predicted octanol–water partition coefficient (Wildman–Crippen LogP) is 6.68. The number of halogens is 2. The molecule has 1 N–H and O–H groups in total. The van der Waals surface area contributed by atoms with E-state index in [9.17, 15) is 22.4 Å². The van der Waals surface area contributed by atoms with Gasteiger partial charge in [0, 0.05) is 19.0 Å². The van der Waals surface area contributed by atoms with E-state index in [4.69, 9.17) is 11.6 Å². The lowest BCUT2D eigenvalue weighted by molar-refractivity contribution is -0.140. The van der Waals surface area contributed by atoms with Crippen LogP contribution >= 0.6 is 11.6 Å². The van der Waals surface area contributed by atoms with Crippen molar-refractivity contribution in [2.75, 3.05) is 10.8 Å². The molecule has 46 heavy (non-hydrogen) atoms. The minimum atomic E-state index is -4.31. The van der Waals surface area contributed by atoms with Crippen molar-refractivity contribution in [2.24, 2.45) is 0 Å². The van der Waals surface area contributed by atoms with E-state index in [1.807, 2.05) is 61.5 Å². The predicted molar refractivity (Wildman–Crippen MR) is 178 cm³/mol. The number of sulfonamides is 1. The summed E-state index contributed by atoms with van der Waals surface area (Å²) in [5, 5.41) is 2.88. The topological polar surface area (TPSA) is 86.8 Å². The number of benzene rings is 4. The Balaban J connectivity index is 1.57. The van der Waals surface area contributed by atoms with Gasteiger partial charge in [-0.15, -0.1) is 0 Å². The first-order valence-electron chi connectivity index (χ1n) is 15.3. The highest BCUT2D eigenvalue weighted by atomic mass is 35.5. The van der Waals surface area contributed by atoms with Crippen molar-refractivity contribution >= 4 is 39.1 Å². The van der Waals surface area contributed by atoms with E-state index in [0.717, 1.165) is 52.7 Å². The summed E-state index contributed by atoms with van der Waals surface area (Å²) in [4.78, 5) is 30.0. The number of anilines is 1. The zero-order valence-electron chi connectivity index (χ0n) is 25.6. The van der Waals surface area contributed by atoms with Crippen molar-refractivity contribution in [3.05, 3.63) is 131 Å².